The van der Waals surface area contributed by atoms with Gasteiger partial charge in [-0.2, -0.15) is 9.57 Å². The van der Waals surface area contributed by atoms with Gasteiger partial charge >= 0.3 is 0 Å². The molecule has 7 heteroatoms. The monoisotopic (exact) mass is 357 g/mol. The molecule has 0 heterocycles. The van der Waals surface area contributed by atoms with Crippen LogP contribution < -0.4 is 5.32 Å². The fraction of sp³-hybridized carbons (Fsp3) is 0.222. The molecule has 0 unspecified atom stereocenters. The number of carbonyl (C=O) groups is 1. The van der Waals surface area contributed by atoms with Crippen molar-refractivity contribution in [1.29, 1.82) is 5.26 Å². The van der Waals surface area contributed by atoms with Crippen molar-refractivity contribution in [2.24, 2.45) is 0 Å². The summed E-state index contributed by atoms with van der Waals surface area (Å²) in [5.74, 6) is -0.356. The van der Waals surface area contributed by atoms with Crippen LogP contribution in [-0.4, -0.2) is 31.7 Å². The number of hydrogen-bond donors (Lipinski definition) is 1. The molecule has 0 aromatic heterocycles. The Morgan fingerprint density at radius 1 is 1.08 bits per heavy atom. The van der Waals surface area contributed by atoms with E-state index in [1.165, 1.54) is 35.6 Å². The smallest absolute Gasteiger partial charge is 0.255 e. The van der Waals surface area contributed by atoms with Crippen LogP contribution in [0.3, 0.4) is 0 Å². The maximum absolute atomic E-state index is 12.4. The number of nitriles is 1. The van der Waals surface area contributed by atoms with Gasteiger partial charge in [-0.3, -0.25) is 4.79 Å². The molecule has 1 amide bonds. The molecule has 0 saturated carbocycles. The average Bonchev–Trinajstić information content (AvgIpc) is 2.61. The molecule has 25 heavy (non-hydrogen) atoms. The fourth-order valence-electron chi connectivity index (χ4n) is 2.05. The van der Waals surface area contributed by atoms with Gasteiger partial charge in [0.1, 0.15) is 0 Å². The summed E-state index contributed by atoms with van der Waals surface area (Å²) in [5.41, 5.74) is 1.40. The maximum Gasteiger partial charge on any atom is 0.255 e. The number of hydrogen-bond acceptors (Lipinski definition) is 4. The van der Waals surface area contributed by atoms with Crippen molar-refractivity contribution in [1.82, 2.24) is 4.31 Å². The Bertz CT molecular complexity index is 896. The van der Waals surface area contributed by atoms with Crippen LogP contribution in [0.4, 0.5) is 5.69 Å². The Labute approximate surface area is 147 Å². The molecular weight excluding hydrogens is 338 g/mol. The molecule has 6 nitrogen and oxygen atoms in total. The largest absolute Gasteiger partial charge is 0.322 e. The first-order valence-corrected chi connectivity index (χ1v) is 9.09. The zero-order valence-corrected chi connectivity index (χ0v) is 15.0. The first-order chi connectivity index (χ1) is 11.8. The highest BCUT2D eigenvalue weighted by Gasteiger charge is 2.23. The Morgan fingerprint density at radius 3 is 2.12 bits per heavy atom. The Kier molecular flexibility index (Phi) is 5.57. The summed E-state index contributed by atoms with van der Waals surface area (Å²) < 4.78 is 26.1. The lowest BCUT2D eigenvalue weighted by atomic mass is 10.2. The van der Waals surface area contributed by atoms with Crippen molar-refractivity contribution in [2.45, 2.75) is 24.8 Å². The van der Waals surface area contributed by atoms with E-state index in [2.05, 4.69) is 5.32 Å². The molecule has 2 aromatic carbocycles. The average molecular weight is 357 g/mol. The molecule has 2 rings (SSSR count). The van der Waals surface area contributed by atoms with Gasteiger partial charge in [-0.1, -0.05) is 0 Å². The minimum Gasteiger partial charge on any atom is -0.322 e. The number of benzene rings is 2. The van der Waals surface area contributed by atoms with Gasteiger partial charge in [0.25, 0.3) is 5.91 Å². The summed E-state index contributed by atoms with van der Waals surface area (Å²) in [6.45, 7) is 3.58. The molecule has 0 radical (unpaired) electrons. The van der Waals surface area contributed by atoms with E-state index in [9.17, 15) is 13.2 Å². The van der Waals surface area contributed by atoms with E-state index < -0.39 is 10.0 Å². The second-order valence-corrected chi connectivity index (χ2v) is 7.78. The summed E-state index contributed by atoms with van der Waals surface area (Å²) in [4.78, 5) is 12.4. The number of rotatable bonds is 5. The van der Waals surface area contributed by atoms with Crippen LogP contribution in [0.15, 0.2) is 53.4 Å². The molecule has 1 N–H and O–H groups in total. The minimum atomic E-state index is -3.58. The van der Waals surface area contributed by atoms with Crippen molar-refractivity contribution < 1.29 is 13.2 Å². The highest BCUT2D eigenvalue weighted by atomic mass is 32.2. The molecule has 0 saturated heterocycles. The molecule has 0 atom stereocenters. The van der Waals surface area contributed by atoms with Gasteiger partial charge in [0, 0.05) is 24.3 Å². The molecular formula is C18H19N3O3S. The van der Waals surface area contributed by atoms with E-state index in [-0.39, 0.29) is 16.8 Å². The molecule has 0 aliphatic rings. The van der Waals surface area contributed by atoms with Crippen molar-refractivity contribution in [3.8, 4) is 6.07 Å². The van der Waals surface area contributed by atoms with Crippen molar-refractivity contribution in [2.75, 3.05) is 12.4 Å². The number of nitrogens with one attached hydrogen (secondary N) is 1. The highest BCUT2D eigenvalue weighted by Crippen LogP contribution is 2.18. The molecule has 130 valence electrons. The second-order valence-electron chi connectivity index (χ2n) is 5.78. The topological polar surface area (TPSA) is 90.3 Å². The number of nitrogens with zero attached hydrogens (tertiary/aromatic N) is 2. The predicted octanol–water partition coefficient (Wildman–Crippen LogP) is 2.84. The van der Waals surface area contributed by atoms with Gasteiger partial charge in [-0.05, 0) is 62.4 Å². The lowest BCUT2D eigenvalue weighted by Gasteiger charge is -2.21. The first kappa shape index (κ1) is 18.6. The normalized spacial score (nSPS) is 11.4. The van der Waals surface area contributed by atoms with Gasteiger partial charge in [-0.15, -0.1) is 0 Å². The Hall–Kier alpha value is -2.69. The maximum atomic E-state index is 12.4. The van der Waals surface area contributed by atoms with Crippen LogP contribution in [0.1, 0.15) is 29.8 Å². The van der Waals surface area contributed by atoms with Crippen molar-refractivity contribution in [3.05, 3.63) is 59.7 Å². The van der Waals surface area contributed by atoms with E-state index in [1.807, 2.05) is 6.07 Å². The van der Waals surface area contributed by atoms with E-state index in [0.29, 0.717) is 16.8 Å². The van der Waals surface area contributed by atoms with Crippen LogP contribution in [0, 0.1) is 11.3 Å². The SMILES string of the molecule is CC(C)N(C)S(=O)(=O)c1ccc(C(=O)Nc2ccc(C#N)cc2)cc1. The number of sulfonamides is 1. The van der Waals surface area contributed by atoms with Gasteiger partial charge in [0.05, 0.1) is 16.5 Å². The minimum absolute atomic E-state index is 0.138. The standard InChI is InChI=1S/C18H19N3O3S/c1-13(2)21(3)25(23,24)17-10-6-15(7-11-17)18(22)20-16-8-4-14(12-19)5-9-16/h4-11,13H,1-3H3,(H,20,22). The lowest BCUT2D eigenvalue weighted by molar-refractivity contribution is 0.102. The van der Waals surface area contributed by atoms with Gasteiger partial charge in [0.15, 0.2) is 0 Å². The molecule has 0 fully saturated rings. The van der Waals surface area contributed by atoms with E-state index in [4.69, 9.17) is 5.26 Å². The van der Waals surface area contributed by atoms with Gasteiger partial charge < -0.3 is 5.32 Å². The van der Waals surface area contributed by atoms with Crippen LogP contribution >= 0.6 is 0 Å². The summed E-state index contributed by atoms with van der Waals surface area (Å²) >= 11 is 0. The third-order valence-electron chi connectivity index (χ3n) is 3.79. The Balaban J connectivity index is 2.16. The summed E-state index contributed by atoms with van der Waals surface area (Å²) in [7, 11) is -2.06. The highest BCUT2D eigenvalue weighted by molar-refractivity contribution is 7.89. The van der Waals surface area contributed by atoms with Gasteiger partial charge in [0.2, 0.25) is 10.0 Å². The molecule has 0 aliphatic carbocycles. The Morgan fingerprint density at radius 2 is 1.64 bits per heavy atom. The van der Waals surface area contributed by atoms with E-state index in [1.54, 1.807) is 38.1 Å². The lowest BCUT2D eigenvalue weighted by Crippen LogP contribution is -2.33. The van der Waals surface area contributed by atoms with Crippen LogP contribution in [-0.2, 0) is 10.0 Å². The molecule has 2 aromatic rings. The van der Waals surface area contributed by atoms with Crippen LogP contribution in [0.25, 0.3) is 0 Å². The predicted molar refractivity (Wildman–Crippen MR) is 95.6 cm³/mol. The van der Waals surface area contributed by atoms with Crippen molar-refractivity contribution >= 4 is 21.6 Å². The quantitative estimate of drug-likeness (QED) is 0.891. The molecule has 0 aliphatic heterocycles. The van der Waals surface area contributed by atoms with Gasteiger partial charge in [-0.25, -0.2) is 8.42 Å². The van der Waals surface area contributed by atoms with Crippen molar-refractivity contribution in [3.63, 3.8) is 0 Å². The number of anilines is 1. The van der Waals surface area contributed by atoms with E-state index in [0.717, 1.165) is 0 Å². The summed E-state index contributed by atoms with van der Waals surface area (Å²) in [6, 6.07) is 14.1. The third-order valence-corrected chi connectivity index (χ3v) is 5.84. The number of amides is 1. The summed E-state index contributed by atoms with van der Waals surface area (Å²) in [6.07, 6.45) is 0. The molecule has 0 bridgehead atoms. The molecule has 0 spiro atoms. The summed E-state index contributed by atoms with van der Waals surface area (Å²) in [5, 5.41) is 11.5. The zero-order chi connectivity index (χ0) is 18.6. The number of carbonyl (C=O) groups excluding carboxylic acids is 1. The third kappa shape index (κ3) is 4.24. The van der Waals surface area contributed by atoms with Crippen LogP contribution in [0.5, 0.6) is 0 Å². The fourth-order valence-corrected chi connectivity index (χ4v) is 3.42. The zero-order valence-electron chi connectivity index (χ0n) is 14.2. The first-order valence-electron chi connectivity index (χ1n) is 7.65. The second kappa shape index (κ2) is 7.47. The van der Waals surface area contributed by atoms with E-state index >= 15 is 0 Å². The van der Waals surface area contributed by atoms with Crippen LogP contribution in [0.2, 0.25) is 0 Å².